The van der Waals surface area contributed by atoms with Crippen molar-refractivity contribution in [1.82, 2.24) is 8.80 Å². The van der Waals surface area contributed by atoms with Crippen molar-refractivity contribution in [3.05, 3.63) is 218 Å². The molecule has 4 aromatic heterocycles. The number of hydrogen-bond donors (Lipinski definition) is 0. The molecule has 0 aliphatic carbocycles. The van der Waals surface area contributed by atoms with Crippen LogP contribution in [-0.2, 0) is 0 Å². The monoisotopic (exact) mass is 788 g/mol. The van der Waals surface area contributed by atoms with Gasteiger partial charge in [0.25, 0.3) is 0 Å². The van der Waals surface area contributed by atoms with E-state index in [1.54, 1.807) is 0 Å². The predicted octanol–water partition coefficient (Wildman–Crippen LogP) is 16.1. The van der Waals surface area contributed by atoms with Crippen LogP contribution in [-0.4, -0.2) is 8.80 Å². The van der Waals surface area contributed by atoms with E-state index >= 15 is 0 Å². The van der Waals surface area contributed by atoms with Gasteiger partial charge in [0.1, 0.15) is 0 Å². The molecular weight excluding hydrogens is 753 g/mol. The second kappa shape index (κ2) is 12.6. The van der Waals surface area contributed by atoms with Crippen LogP contribution in [0.2, 0.25) is 0 Å². The summed E-state index contributed by atoms with van der Waals surface area (Å²) in [4.78, 5) is 4.82. The molecule has 0 atom stereocenters. The van der Waals surface area contributed by atoms with E-state index in [-0.39, 0.29) is 0 Å². The Morgan fingerprint density at radius 3 is 0.839 bits per heavy atom. The molecule has 0 spiro atoms. The van der Waals surface area contributed by atoms with Gasteiger partial charge in [0.15, 0.2) is 0 Å². The van der Waals surface area contributed by atoms with E-state index in [0.717, 1.165) is 22.7 Å². The molecule has 62 heavy (non-hydrogen) atoms. The van der Waals surface area contributed by atoms with E-state index in [0.29, 0.717) is 0 Å². The van der Waals surface area contributed by atoms with E-state index in [9.17, 15) is 0 Å². The number of aromatic nitrogens is 2. The molecule has 14 rings (SSSR count). The zero-order valence-corrected chi connectivity index (χ0v) is 33.6. The summed E-state index contributed by atoms with van der Waals surface area (Å²) in [7, 11) is 0. The van der Waals surface area contributed by atoms with Crippen LogP contribution in [0.3, 0.4) is 0 Å². The van der Waals surface area contributed by atoms with Crippen molar-refractivity contribution in [2.75, 3.05) is 9.80 Å². The maximum absolute atomic E-state index is 2.56. The van der Waals surface area contributed by atoms with Crippen LogP contribution in [0, 0.1) is 0 Å². The number of hydrogen-bond acceptors (Lipinski definition) is 2. The molecule has 0 saturated carbocycles. The van der Waals surface area contributed by atoms with E-state index < -0.39 is 0 Å². The maximum atomic E-state index is 2.56. The van der Waals surface area contributed by atoms with Gasteiger partial charge >= 0.3 is 0 Å². The molecule has 0 fully saturated rings. The lowest BCUT2D eigenvalue weighted by Crippen LogP contribution is -2.10. The highest BCUT2D eigenvalue weighted by molar-refractivity contribution is 6.34. The summed E-state index contributed by atoms with van der Waals surface area (Å²) in [5, 5.41) is 12.6. The summed E-state index contributed by atoms with van der Waals surface area (Å²) < 4.78 is 5.12. The van der Waals surface area contributed by atoms with Gasteiger partial charge in [0, 0.05) is 76.6 Å². The fourth-order valence-corrected chi connectivity index (χ4v) is 10.9. The summed E-state index contributed by atoms with van der Waals surface area (Å²) in [6, 6.07) is 79.8. The molecule has 0 saturated heterocycles. The van der Waals surface area contributed by atoms with E-state index in [2.05, 4.69) is 237 Å². The Morgan fingerprint density at radius 1 is 0.226 bits per heavy atom. The maximum Gasteiger partial charge on any atom is 0.0641 e. The van der Waals surface area contributed by atoms with Gasteiger partial charge in [-0.25, -0.2) is 0 Å². The Hall–Kier alpha value is -8.34. The lowest BCUT2D eigenvalue weighted by Gasteiger charge is -2.26. The molecule has 0 radical (unpaired) electrons. The molecule has 4 heterocycles. The van der Waals surface area contributed by atoms with E-state index in [1.807, 2.05) is 0 Å². The van der Waals surface area contributed by atoms with Crippen LogP contribution in [0.5, 0.6) is 0 Å². The third-order valence-corrected chi connectivity index (χ3v) is 13.3. The summed E-state index contributed by atoms with van der Waals surface area (Å²) in [6.45, 7) is 0. The fraction of sp³-hybridized carbons (Fsp3) is 0. The van der Waals surface area contributed by atoms with E-state index in [1.165, 1.54) is 98.3 Å². The Morgan fingerprint density at radius 2 is 0.500 bits per heavy atom. The number of para-hydroxylation sites is 6. The van der Waals surface area contributed by atoms with Crippen molar-refractivity contribution in [1.29, 1.82) is 0 Å². The van der Waals surface area contributed by atoms with Crippen molar-refractivity contribution in [3.63, 3.8) is 0 Å². The second-order valence-corrected chi connectivity index (χ2v) is 16.4. The smallest absolute Gasteiger partial charge is 0.0641 e. The average molecular weight is 789 g/mol. The molecule has 0 aliphatic rings. The lowest BCUT2D eigenvalue weighted by molar-refractivity contribution is 1.30. The van der Waals surface area contributed by atoms with Crippen LogP contribution in [0.1, 0.15) is 0 Å². The minimum absolute atomic E-state index is 1.13. The van der Waals surface area contributed by atoms with Gasteiger partial charge in [-0.05, 0) is 72.8 Å². The highest BCUT2D eigenvalue weighted by Gasteiger charge is 2.28. The van der Waals surface area contributed by atoms with Crippen LogP contribution >= 0.6 is 0 Å². The van der Waals surface area contributed by atoms with Gasteiger partial charge in [-0.1, -0.05) is 146 Å². The first-order valence-corrected chi connectivity index (χ1v) is 21.4. The first-order chi connectivity index (χ1) is 30.8. The summed E-state index contributed by atoms with van der Waals surface area (Å²) >= 11 is 0. The van der Waals surface area contributed by atoms with Crippen LogP contribution in [0.15, 0.2) is 218 Å². The average Bonchev–Trinajstić information content (AvgIpc) is 4.08. The van der Waals surface area contributed by atoms with Crippen molar-refractivity contribution >= 4 is 121 Å². The van der Waals surface area contributed by atoms with Crippen molar-refractivity contribution in [3.8, 4) is 0 Å². The largest absolute Gasteiger partial charge is 0.310 e. The highest BCUT2D eigenvalue weighted by atomic mass is 15.2. The fourth-order valence-electron chi connectivity index (χ4n) is 10.9. The number of fused-ring (bicyclic) bond motifs is 15. The molecule has 4 heteroatoms. The number of anilines is 6. The molecule has 0 aliphatic heterocycles. The zero-order valence-electron chi connectivity index (χ0n) is 33.6. The minimum atomic E-state index is 1.13. The number of nitrogens with zero attached hydrogens (tertiary/aromatic N) is 4. The van der Waals surface area contributed by atoms with Gasteiger partial charge < -0.3 is 18.6 Å². The molecule has 0 unspecified atom stereocenters. The van der Waals surface area contributed by atoms with Gasteiger partial charge in [-0.3, -0.25) is 0 Å². The van der Waals surface area contributed by atoms with Gasteiger partial charge in [-0.15, -0.1) is 0 Å². The topological polar surface area (TPSA) is 15.3 Å². The normalized spacial score (nSPS) is 12.2. The summed E-state index contributed by atoms with van der Waals surface area (Å²) in [5.41, 5.74) is 14.3. The van der Waals surface area contributed by atoms with Crippen molar-refractivity contribution in [2.24, 2.45) is 0 Å². The molecule has 288 valence electrons. The SMILES string of the molecule is c1ccc(N(c2ccccc2)c2ccc3c4ccc5c(ccc6c7ccc(N(c8ccccc8)c8ccccc8)c8c9ccccc9n(c56)c78)c4n4c5ccccc5c2c34)cc1. The Kier molecular flexibility index (Phi) is 6.80. The molecule has 0 bridgehead atoms. The van der Waals surface area contributed by atoms with Crippen molar-refractivity contribution in [2.45, 2.75) is 0 Å². The van der Waals surface area contributed by atoms with Gasteiger partial charge in [0.2, 0.25) is 0 Å². The Balaban J connectivity index is 1.10. The Labute approximate surface area is 356 Å². The number of rotatable bonds is 6. The number of benzene rings is 10. The molecule has 0 N–H and O–H groups in total. The highest BCUT2D eigenvalue weighted by Crippen LogP contribution is 2.51. The Bertz CT molecular complexity index is 3680. The molecule has 4 nitrogen and oxygen atoms in total. The molecule has 14 aromatic rings. The van der Waals surface area contributed by atoms with Crippen LogP contribution in [0.25, 0.3) is 87.0 Å². The van der Waals surface area contributed by atoms with Gasteiger partial charge in [-0.2, -0.15) is 0 Å². The van der Waals surface area contributed by atoms with Crippen LogP contribution < -0.4 is 9.80 Å². The zero-order chi connectivity index (χ0) is 40.5. The summed E-state index contributed by atoms with van der Waals surface area (Å²) in [5.74, 6) is 0. The third-order valence-electron chi connectivity index (χ3n) is 13.3. The third kappa shape index (κ3) is 4.40. The van der Waals surface area contributed by atoms with E-state index in [4.69, 9.17) is 0 Å². The van der Waals surface area contributed by atoms with Crippen molar-refractivity contribution < 1.29 is 0 Å². The van der Waals surface area contributed by atoms with Crippen LogP contribution in [0.4, 0.5) is 34.1 Å². The molecule has 0 amide bonds. The standard InChI is InChI=1S/C58H36N4/c1-5-17-37(18-6-1)59(38-19-7-2-8-20-38)51-35-33-45-43-31-29-42-41(55(43)61-49-27-15-13-25-47(49)53(51)57(45)61)30-32-44-46-34-36-52(54-48-26-14-16-28-50(48)62(56(42)44)58(46)54)60(39-21-9-3-10-22-39)40-23-11-4-12-24-40/h1-36H. The predicted molar refractivity (Wildman–Crippen MR) is 263 cm³/mol. The first kappa shape index (κ1) is 33.5. The second-order valence-electron chi connectivity index (χ2n) is 16.4. The molecule has 10 aromatic carbocycles. The lowest BCUT2D eigenvalue weighted by atomic mass is 9.99. The minimum Gasteiger partial charge on any atom is -0.310 e. The van der Waals surface area contributed by atoms with Gasteiger partial charge in [0.05, 0.1) is 44.5 Å². The first-order valence-electron chi connectivity index (χ1n) is 21.4. The summed E-state index contributed by atoms with van der Waals surface area (Å²) in [6.07, 6.45) is 0. The quantitative estimate of drug-likeness (QED) is 0.167. The molecular formula is C58H36N4.